The van der Waals surface area contributed by atoms with E-state index in [1.807, 2.05) is 35.0 Å². The van der Waals surface area contributed by atoms with Crippen molar-refractivity contribution >= 4 is 11.3 Å². The molecule has 2 atom stereocenters. The molecule has 1 fully saturated rings. The molecule has 3 heterocycles. The van der Waals surface area contributed by atoms with E-state index in [4.69, 9.17) is 0 Å². The molecule has 0 N–H and O–H groups in total. The van der Waals surface area contributed by atoms with E-state index in [-0.39, 0.29) is 6.04 Å². The van der Waals surface area contributed by atoms with E-state index >= 15 is 0 Å². The molecular weight excluding hydrogens is 306 g/mol. The number of nitrogens with zero attached hydrogens (tertiary/aromatic N) is 5. The van der Waals surface area contributed by atoms with Crippen molar-refractivity contribution in [2.45, 2.75) is 31.8 Å². The number of para-hydroxylation sites is 1. The van der Waals surface area contributed by atoms with Crippen LogP contribution in [0.15, 0.2) is 47.2 Å². The van der Waals surface area contributed by atoms with Gasteiger partial charge < -0.3 is 0 Å². The lowest BCUT2D eigenvalue weighted by Gasteiger charge is -2.29. The van der Waals surface area contributed by atoms with E-state index < -0.39 is 0 Å². The maximum atomic E-state index is 4.32. The van der Waals surface area contributed by atoms with Crippen LogP contribution in [0.3, 0.4) is 0 Å². The van der Waals surface area contributed by atoms with Gasteiger partial charge in [0, 0.05) is 6.04 Å². The first-order valence-electron chi connectivity index (χ1n) is 7.96. The minimum absolute atomic E-state index is 0.178. The Balaban J connectivity index is 1.65. The molecule has 1 aliphatic heterocycles. The van der Waals surface area contributed by atoms with Gasteiger partial charge in [-0.15, -0.1) is 5.10 Å². The van der Waals surface area contributed by atoms with E-state index in [0.717, 1.165) is 18.1 Å². The van der Waals surface area contributed by atoms with Crippen molar-refractivity contribution in [1.82, 2.24) is 25.1 Å². The maximum absolute atomic E-state index is 4.32. The Hall–Kier alpha value is -2.05. The molecule has 3 aromatic rings. The van der Waals surface area contributed by atoms with Crippen LogP contribution in [-0.2, 0) is 0 Å². The predicted octanol–water partition coefficient (Wildman–Crippen LogP) is 3.62. The number of tetrazole rings is 1. The Morgan fingerprint density at radius 1 is 1.22 bits per heavy atom. The number of likely N-dealkylation sites (tertiary alicyclic amines) is 1. The largest absolute Gasteiger partial charge is 0.286 e. The summed E-state index contributed by atoms with van der Waals surface area (Å²) in [5.74, 6) is 0.901. The molecule has 0 saturated carbocycles. The Kier molecular flexibility index (Phi) is 3.93. The fraction of sp³-hybridized carbons (Fsp3) is 0.353. The van der Waals surface area contributed by atoms with Gasteiger partial charge in [-0.3, -0.25) is 4.90 Å². The van der Waals surface area contributed by atoms with Crippen molar-refractivity contribution in [2.24, 2.45) is 0 Å². The highest BCUT2D eigenvalue weighted by Crippen LogP contribution is 2.38. The van der Waals surface area contributed by atoms with Gasteiger partial charge in [0.15, 0.2) is 5.82 Å². The number of hydrogen-bond acceptors (Lipinski definition) is 5. The number of hydrogen-bond donors (Lipinski definition) is 0. The third-order valence-corrected chi connectivity index (χ3v) is 5.29. The first kappa shape index (κ1) is 14.5. The van der Waals surface area contributed by atoms with E-state index in [0.29, 0.717) is 6.04 Å². The molecule has 4 rings (SSSR count). The van der Waals surface area contributed by atoms with Crippen molar-refractivity contribution in [3.8, 4) is 5.69 Å². The monoisotopic (exact) mass is 325 g/mol. The lowest BCUT2D eigenvalue weighted by molar-refractivity contribution is 0.185. The second-order valence-electron chi connectivity index (χ2n) is 5.91. The quantitative estimate of drug-likeness (QED) is 0.735. The van der Waals surface area contributed by atoms with Gasteiger partial charge >= 0.3 is 0 Å². The SMILES string of the molecule is CC(c1nnnn1-c1ccccc1)N1CCCC1c1ccsc1. The van der Waals surface area contributed by atoms with Crippen LogP contribution < -0.4 is 0 Å². The van der Waals surface area contributed by atoms with Gasteiger partial charge in [0.2, 0.25) is 0 Å². The number of rotatable bonds is 4. The highest BCUT2D eigenvalue weighted by molar-refractivity contribution is 7.07. The van der Waals surface area contributed by atoms with Crippen molar-refractivity contribution in [3.05, 3.63) is 58.5 Å². The number of thiophene rings is 1. The van der Waals surface area contributed by atoms with E-state index in [9.17, 15) is 0 Å². The molecule has 0 amide bonds. The molecule has 2 unspecified atom stereocenters. The first-order chi connectivity index (χ1) is 11.3. The molecule has 5 nitrogen and oxygen atoms in total. The van der Waals surface area contributed by atoms with Gasteiger partial charge in [0.25, 0.3) is 0 Å². The summed E-state index contributed by atoms with van der Waals surface area (Å²) in [4.78, 5) is 2.52. The van der Waals surface area contributed by atoms with Crippen molar-refractivity contribution in [2.75, 3.05) is 6.54 Å². The zero-order valence-electron chi connectivity index (χ0n) is 13.0. The summed E-state index contributed by atoms with van der Waals surface area (Å²) < 4.78 is 1.85. The van der Waals surface area contributed by atoms with E-state index in [1.165, 1.54) is 18.4 Å². The van der Waals surface area contributed by atoms with Gasteiger partial charge in [-0.25, -0.2) is 0 Å². The molecular formula is C17H19N5S. The fourth-order valence-corrected chi connectivity index (χ4v) is 4.14. The molecule has 0 aliphatic carbocycles. The smallest absolute Gasteiger partial charge is 0.173 e. The van der Waals surface area contributed by atoms with E-state index in [1.54, 1.807) is 11.3 Å². The van der Waals surface area contributed by atoms with Crippen molar-refractivity contribution < 1.29 is 0 Å². The van der Waals surface area contributed by atoms with Crippen LogP contribution in [0.25, 0.3) is 5.69 Å². The molecule has 0 bridgehead atoms. The van der Waals surface area contributed by atoms with E-state index in [2.05, 4.69) is 44.2 Å². The predicted molar refractivity (Wildman–Crippen MR) is 90.6 cm³/mol. The first-order valence-corrected chi connectivity index (χ1v) is 8.90. The lowest BCUT2D eigenvalue weighted by atomic mass is 10.1. The van der Waals surface area contributed by atoms with Crippen LogP contribution in [0.5, 0.6) is 0 Å². The fourth-order valence-electron chi connectivity index (χ4n) is 3.43. The Morgan fingerprint density at radius 2 is 2.09 bits per heavy atom. The topological polar surface area (TPSA) is 46.8 Å². The zero-order chi connectivity index (χ0) is 15.6. The highest BCUT2D eigenvalue weighted by Gasteiger charge is 2.33. The summed E-state index contributed by atoms with van der Waals surface area (Å²) in [6, 6.07) is 13.0. The molecule has 2 aromatic heterocycles. The average Bonchev–Trinajstić information content (AvgIpc) is 3.34. The van der Waals surface area contributed by atoms with Gasteiger partial charge in [-0.1, -0.05) is 18.2 Å². The standard InChI is InChI=1S/C17H19N5S/c1-13(21-10-5-8-16(21)14-9-11-23-12-14)17-18-19-20-22(17)15-6-3-2-4-7-15/h2-4,6-7,9,11-13,16H,5,8,10H2,1H3. The summed E-state index contributed by atoms with van der Waals surface area (Å²) in [6.07, 6.45) is 2.42. The van der Waals surface area contributed by atoms with Gasteiger partial charge in [0.05, 0.1) is 11.7 Å². The maximum Gasteiger partial charge on any atom is 0.173 e. The zero-order valence-corrected chi connectivity index (χ0v) is 13.9. The van der Waals surface area contributed by atoms with Crippen molar-refractivity contribution in [1.29, 1.82) is 0 Å². The minimum Gasteiger partial charge on any atom is -0.286 e. The molecule has 1 saturated heterocycles. The molecule has 23 heavy (non-hydrogen) atoms. The third kappa shape index (κ3) is 2.68. The van der Waals surface area contributed by atoms with Crippen molar-refractivity contribution in [3.63, 3.8) is 0 Å². The normalized spacial score (nSPS) is 20.0. The van der Waals surface area contributed by atoms with Gasteiger partial charge in [-0.2, -0.15) is 16.0 Å². The Morgan fingerprint density at radius 3 is 2.87 bits per heavy atom. The molecule has 118 valence electrons. The molecule has 1 aromatic carbocycles. The average molecular weight is 325 g/mol. The van der Waals surface area contributed by atoms with Crippen LogP contribution in [0.1, 0.15) is 43.2 Å². The summed E-state index contributed by atoms with van der Waals surface area (Å²) >= 11 is 1.77. The van der Waals surface area contributed by atoms with Gasteiger partial charge in [0.1, 0.15) is 0 Å². The molecule has 1 aliphatic rings. The third-order valence-electron chi connectivity index (χ3n) is 4.59. The summed E-state index contributed by atoms with van der Waals surface area (Å²) in [6.45, 7) is 3.29. The Bertz CT molecular complexity index is 752. The minimum atomic E-state index is 0.178. The summed E-state index contributed by atoms with van der Waals surface area (Å²) in [5.41, 5.74) is 2.42. The molecule has 0 spiro atoms. The molecule has 6 heteroatoms. The second kappa shape index (κ2) is 6.22. The van der Waals surface area contributed by atoms with Crippen LogP contribution in [0, 0.1) is 0 Å². The Labute approximate surface area is 139 Å². The summed E-state index contributed by atoms with van der Waals surface area (Å²) in [7, 11) is 0. The highest BCUT2D eigenvalue weighted by atomic mass is 32.1. The summed E-state index contributed by atoms with van der Waals surface area (Å²) in [5, 5.41) is 16.8. The van der Waals surface area contributed by atoms with Crippen LogP contribution in [0.2, 0.25) is 0 Å². The molecule has 0 radical (unpaired) electrons. The second-order valence-corrected chi connectivity index (χ2v) is 6.69. The number of aromatic nitrogens is 4. The van der Waals surface area contributed by atoms with Crippen LogP contribution in [0.4, 0.5) is 0 Å². The lowest BCUT2D eigenvalue weighted by Crippen LogP contribution is -2.28. The van der Waals surface area contributed by atoms with Crippen LogP contribution >= 0.6 is 11.3 Å². The van der Waals surface area contributed by atoms with Crippen LogP contribution in [-0.4, -0.2) is 31.7 Å². The number of benzene rings is 1. The van der Waals surface area contributed by atoms with Gasteiger partial charge in [-0.05, 0) is 71.3 Å².